The number of carbonyl (C=O) groups excluding carboxylic acids is 1. The molecule has 0 bridgehead atoms. The highest BCUT2D eigenvalue weighted by Crippen LogP contribution is 2.37. The molecule has 1 aromatic rings. The van der Waals surface area contributed by atoms with Crippen molar-refractivity contribution in [3.8, 4) is 0 Å². The molecule has 0 aromatic heterocycles. The molecule has 3 nitrogen and oxygen atoms in total. The Kier molecular flexibility index (Phi) is 5.11. The summed E-state index contributed by atoms with van der Waals surface area (Å²) in [6, 6.07) is 8.56. The first-order chi connectivity index (χ1) is 9.53. The van der Waals surface area contributed by atoms with Crippen LogP contribution in [0.3, 0.4) is 0 Å². The molecule has 110 valence electrons. The molecule has 1 aliphatic carbocycles. The number of rotatable bonds is 5. The molecular weight excluding hydrogens is 270 g/mol. The fraction of sp³-hybridized carbons (Fsp3) is 0.562. The van der Waals surface area contributed by atoms with Crippen LogP contribution in [0.5, 0.6) is 0 Å². The number of hydrogen-bond acceptors (Lipinski definition) is 4. The molecule has 2 unspecified atom stereocenters. The standard InChI is InChI=1S/C16H23NO2S/c1-3-19-15(18)16(17)8-7-14(10-16)20-11-13-6-4-5-12(2)9-13/h4-6,9,14H,3,7-8,10-11,17H2,1-2H3. The summed E-state index contributed by atoms with van der Waals surface area (Å²) in [7, 11) is 0. The molecule has 0 amide bonds. The van der Waals surface area contributed by atoms with Gasteiger partial charge < -0.3 is 10.5 Å². The first-order valence-electron chi connectivity index (χ1n) is 7.17. The number of thioether (sulfide) groups is 1. The molecule has 20 heavy (non-hydrogen) atoms. The smallest absolute Gasteiger partial charge is 0.326 e. The summed E-state index contributed by atoms with van der Waals surface area (Å²) in [5.41, 5.74) is 8.04. The van der Waals surface area contributed by atoms with E-state index < -0.39 is 5.54 Å². The summed E-state index contributed by atoms with van der Waals surface area (Å²) < 4.78 is 5.08. The van der Waals surface area contributed by atoms with Crippen LogP contribution >= 0.6 is 11.8 Å². The maximum Gasteiger partial charge on any atom is 0.326 e. The molecule has 0 saturated heterocycles. The van der Waals surface area contributed by atoms with Gasteiger partial charge in [0.25, 0.3) is 0 Å². The first-order valence-corrected chi connectivity index (χ1v) is 8.21. The quantitative estimate of drug-likeness (QED) is 0.848. The molecule has 2 atom stereocenters. The molecule has 0 spiro atoms. The molecule has 1 aliphatic rings. The third-order valence-electron chi connectivity index (χ3n) is 3.75. The van der Waals surface area contributed by atoms with Gasteiger partial charge in [0.2, 0.25) is 0 Å². The second-order valence-electron chi connectivity index (χ2n) is 5.54. The van der Waals surface area contributed by atoms with Crippen molar-refractivity contribution >= 4 is 17.7 Å². The Bertz CT molecular complexity index is 477. The number of carbonyl (C=O) groups is 1. The summed E-state index contributed by atoms with van der Waals surface area (Å²) in [5.74, 6) is 0.740. The van der Waals surface area contributed by atoms with Crippen LogP contribution in [0.25, 0.3) is 0 Å². The summed E-state index contributed by atoms with van der Waals surface area (Å²) in [6.07, 6.45) is 2.45. The summed E-state index contributed by atoms with van der Waals surface area (Å²) in [6.45, 7) is 4.33. The minimum Gasteiger partial charge on any atom is -0.465 e. The molecule has 2 N–H and O–H groups in total. The van der Waals surface area contributed by atoms with Gasteiger partial charge in [0, 0.05) is 11.0 Å². The first kappa shape index (κ1) is 15.4. The van der Waals surface area contributed by atoms with Crippen molar-refractivity contribution < 1.29 is 9.53 Å². The van der Waals surface area contributed by atoms with Gasteiger partial charge in [-0.3, -0.25) is 4.79 Å². The Morgan fingerprint density at radius 3 is 3.05 bits per heavy atom. The zero-order chi connectivity index (χ0) is 14.6. The summed E-state index contributed by atoms with van der Waals surface area (Å²) in [5, 5.41) is 0.449. The molecular formula is C16H23NO2S. The SMILES string of the molecule is CCOC(=O)C1(N)CCC(SCc2cccc(C)c2)C1. The lowest BCUT2D eigenvalue weighted by molar-refractivity contribution is -0.149. The van der Waals surface area contributed by atoms with Gasteiger partial charge in [0.15, 0.2) is 0 Å². The maximum absolute atomic E-state index is 11.9. The minimum atomic E-state index is -0.764. The van der Waals surface area contributed by atoms with E-state index in [1.807, 2.05) is 18.7 Å². The van der Waals surface area contributed by atoms with E-state index in [2.05, 4.69) is 31.2 Å². The third-order valence-corrected chi connectivity index (χ3v) is 5.13. The molecule has 0 heterocycles. The van der Waals surface area contributed by atoms with Gasteiger partial charge in [0.1, 0.15) is 5.54 Å². The number of benzene rings is 1. The van der Waals surface area contributed by atoms with Crippen LogP contribution in [0.15, 0.2) is 24.3 Å². The summed E-state index contributed by atoms with van der Waals surface area (Å²) >= 11 is 1.90. The van der Waals surface area contributed by atoms with Crippen LogP contribution < -0.4 is 5.73 Å². The third kappa shape index (κ3) is 3.76. The van der Waals surface area contributed by atoms with E-state index in [1.54, 1.807) is 0 Å². The highest BCUT2D eigenvalue weighted by Gasteiger charge is 2.43. The number of ether oxygens (including phenoxy) is 1. The predicted molar refractivity (Wildman–Crippen MR) is 83.7 cm³/mol. The van der Waals surface area contributed by atoms with E-state index in [-0.39, 0.29) is 5.97 Å². The average molecular weight is 293 g/mol. The Balaban J connectivity index is 1.86. The summed E-state index contributed by atoms with van der Waals surface area (Å²) in [4.78, 5) is 11.9. The minimum absolute atomic E-state index is 0.237. The van der Waals surface area contributed by atoms with Crippen LogP contribution in [0, 0.1) is 6.92 Å². The number of hydrogen-bond donors (Lipinski definition) is 1. The monoisotopic (exact) mass is 293 g/mol. The zero-order valence-electron chi connectivity index (χ0n) is 12.2. The lowest BCUT2D eigenvalue weighted by Gasteiger charge is -2.21. The van der Waals surface area contributed by atoms with Crippen molar-refractivity contribution in [2.24, 2.45) is 5.73 Å². The Morgan fingerprint density at radius 2 is 2.35 bits per heavy atom. The highest BCUT2D eigenvalue weighted by molar-refractivity contribution is 7.99. The van der Waals surface area contributed by atoms with Gasteiger partial charge in [-0.1, -0.05) is 29.8 Å². The molecule has 0 aliphatic heterocycles. The Hall–Kier alpha value is -1.00. The van der Waals surface area contributed by atoms with Crippen LogP contribution in [0.1, 0.15) is 37.3 Å². The lowest BCUT2D eigenvalue weighted by Crippen LogP contribution is -2.47. The number of nitrogens with two attached hydrogens (primary N) is 1. The normalized spacial score (nSPS) is 25.6. The maximum atomic E-state index is 11.9. The van der Waals surface area contributed by atoms with Crippen LogP contribution in [-0.2, 0) is 15.3 Å². The van der Waals surface area contributed by atoms with Crippen molar-refractivity contribution in [3.05, 3.63) is 35.4 Å². The molecule has 1 saturated carbocycles. The topological polar surface area (TPSA) is 52.3 Å². The van der Waals surface area contributed by atoms with E-state index in [0.717, 1.165) is 25.0 Å². The van der Waals surface area contributed by atoms with Gasteiger partial charge in [-0.25, -0.2) is 0 Å². The molecule has 0 radical (unpaired) electrons. The molecule has 1 fully saturated rings. The van der Waals surface area contributed by atoms with E-state index in [1.165, 1.54) is 11.1 Å². The Labute approximate surface area is 125 Å². The van der Waals surface area contributed by atoms with E-state index >= 15 is 0 Å². The van der Waals surface area contributed by atoms with Crippen molar-refractivity contribution in [2.45, 2.75) is 49.7 Å². The van der Waals surface area contributed by atoms with Crippen molar-refractivity contribution in [2.75, 3.05) is 6.61 Å². The van der Waals surface area contributed by atoms with Crippen LogP contribution in [0.4, 0.5) is 0 Å². The van der Waals surface area contributed by atoms with Crippen molar-refractivity contribution in [1.82, 2.24) is 0 Å². The average Bonchev–Trinajstić information content (AvgIpc) is 2.80. The zero-order valence-corrected chi connectivity index (χ0v) is 13.0. The predicted octanol–water partition coefficient (Wildman–Crippen LogP) is 3.04. The van der Waals surface area contributed by atoms with Crippen LogP contribution in [-0.4, -0.2) is 23.4 Å². The van der Waals surface area contributed by atoms with Gasteiger partial charge in [-0.2, -0.15) is 11.8 Å². The number of esters is 1. The van der Waals surface area contributed by atoms with Crippen molar-refractivity contribution in [1.29, 1.82) is 0 Å². The number of aryl methyl sites for hydroxylation is 1. The van der Waals surface area contributed by atoms with Crippen molar-refractivity contribution in [3.63, 3.8) is 0 Å². The molecule has 4 heteroatoms. The van der Waals surface area contributed by atoms with Gasteiger partial charge in [-0.05, 0) is 38.7 Å². The fourth-order valence-electron chi connectivity index (χ4n) is 2.65. The largest absolute Gasteiger partial charge is 0.465 e. The van der Waals surface area contributed by atoms with Gasteiger partial charge >= 0.3 is 5.97 Å². The second kappa shape index (κ2) is 6.64. The van der Waals surface area contributed by atoms with E-state index in [9.17, 15) is 4.79 Å². The fourth-order valence-corrected chi connectivity index (χ4v) is 3.95. The van der Waals surface area contributed by atoms with Crippen LogP contribution in [0.2, 0.25) is 0 Å². The van der Waals surface area contributed by atoms with E-state index in [0.29, 0.717) is 11.9 Å². The lowest BCUT2D eigenvalue weighted by atomic mass is 10.00. The second-order valence-corrected chi connectivity index (χ2v) is 6.83. The van der Waals surface area contributed by atoms with E-state index in [4.69, 9.17) is 10.5 Å². The van der Waals surface area contributed by atoms with Gasteiger partial charge in [-0.15, -0.1) is 0 Å². The molecule has 1 aromatic carbocycles. The van der Waals surface area contributed by atoms with Gasteiger partial charge in [0.05, 0.1) is 6.61 Å². The molecule has 2 rings (SSSR count). The Morgan fingerprint density at radius 1 is 1.55 bits per heavy atom. The highest BCUT2D eigenvalue weighted by atomic mass is 32.2.